The van der Waals surface area contributed by atoms with E-state index in [1.165, 1.54) is 13.0 Å². The molecule has 5 heteroatoms. The SMILES string of the molecule is CC(C(=O)O)C(=O)NC(C)c1ccccc1F. The Hall–Kier alpha value is -1.91. The minimum Gasteiger partial charge on any atom is -0.481 e. The van der Waals surface area contributed by atoms with Gasteiger partial charge in [-0.2, -0.15) is 0 Å². The zero-order valence-corrected chi connectivity index (χ0v) is 9.61. The molecule has 2 unspecified atom stereocenters. The quantitative estimate of drug-likeness (QED) is 0.786. The van der Waals surface area contributed by atoms with Crippen molar-refractivity contribution in [2.24, 2.45) is 5.92 Å². The number of nitrogens with one attached hydrogen (secondary N) is 1. The molecule has 0 radical (unpaired) electrons. The number of carboxylic acids is 1. The average Bonchev–Trinajstić information content (AvgIpc) is 2.28. The number of benzene rings is 1. The smallest absolute Gasteiger partial charge is 0.315 e. The van der Waals surface area contributed by atoms with Gasteiger partial charge in [-0.1, -0.05) is 18.2 Å². The standard InChI is InChI=1S/C12H14FNO3/c1-7(12(16)17)11(15)14-8(2)9-5-3-4-6-10(9)13/h3-8H,1-2H3,(H,14,15)(H,16,17). The van der Waals surface area contributed by atoms with Crippen molar-refractivity contribution in [1.29, 1.82) is 0 Å². The first-order valence-electron chi connectivity index (χ1n) is 5.21. The van der Waals surface area contributed by atoms with Crippen LogP contribution in [0.3, 0.4) is 0 Å². The molecule has 4 nitrogen and oxygen atoms in total. The minimum absolute atomic E-state index is 0.332. The van der Waals surface area contributed by atoms with Crippen molar-refractivity contribution in [3.05, 3.63) is 35.6 Å². The van der Waals surface area contributed by atoms with Gasteiger partial charge in [0.2, 0.25) is 5.91 Å². The Balaban J connectivity index is 2.73. The van der Waals surface area contributed by atoms with E-state index in [-0.39, 0.29) is 0 Å². The van der Waals surface area contributed by atoms with E-state index in [9.17, 15) is 14.0 Å². The highest BCUT2D eigenvalue weighted by Gasteiger charge is 2.22. The van der Waals surface area contributed by atoms with Crippen LogP contribution in [0.15, 0.2) is 24.3 Å². The van der Waals surface area contributed by atoms with Gasteiger partial charge in [0, 0.05) is 5.56 Å². The lowest BCUT2D eigenvalue weighted by molar-refractivity contribution is -0.146. The van der Waals surface area contributed by atoms with Crippen LogP contribution in [0.25, 0.3) is 0 Å². The summed E-state index contributed by atoms with van der Waals surface area (Å²) >= 11 is 0. The second-order valence-electron chi connectivity index (χ2n) is 3.81. The van der Waals surface area contributed by atoms with Gasteiger partial charge < -0.3 is 10.4 Å². The van der Waals surface area contributed by atoms with E-state index in [4.69, 9.17) is 5.11 Å². The third kappa shape index (κ3) is 3.27. The Bertz CT molecular complexity index is 434. The molecule has 1 amide bonds. The maximum Gasteiger partial charge on any atom is 0.315 e. The molecular weight excluding hydrogens is 225 g/mol. The van der Waals surface area contributed by atoms with E-state index < -0.39 is 29.7 Å². The van der Waals surface area contributed by atoms with Gasteiger partial charge in [-0.25, -0.2) is 4.39 Å². The lowest BCUT2D eigenvalue weighted by Gasteiger charge is -2.16. The summed E-state index contributed by atoms with van der Waals surface area (Å²) in [6.07, 6.45) is 0. The van der Waals surface area contributed by atoms with Gasteiger partial charge in [0.25, 0.3) is 0 Å². The van der Waals surface area contributed by atoms with Crippen molar-refractivity contribution in [3.63, 3.8) is 0 Å². The Labute approximate surface area is 98.5 Å². The van der Waals surface area contributed by atoms with Crippen LogP contribution in [0.4, 0.5) is 4.39 Å². The molecule has 1 aromatic rings. The van der Waals surface area contributed by atoms with E-state index in [1.807, 2.05) is 0 Å². The van der Waals surface area contributed by atoms with Crippen LogP contribution in [0.2, 0.25) is 0 Å². The first kappa shape index (κ1) is 13.2. The fourth-order valence-corrected chi connectivity index (χ4v) is 1.35. The fourth-order valence-electron chi connectivity index (χ4n) is 1.35. The number of rotatable bonds is 4. The van der Waals surface area contributed by atoms with Crippen LogP contribution in [-0.4, -0.2) is 17.0 Å². The maximum absolute atomic E-state index is 13.4. The van der Waals surface area contributed by atoms with Gasteiger partial charge >= 0.3 is 5.97 Å². The topological polar surface area (TPSA) is 66.4 Å². The van der Waals surface area contributed by atoms with Crippen molar-refractivity contribution >= 4 is 11.9 Å². The molecule has 2 N–H and O–H groups in total. The van der Waals surface area contributed by atoms with Gasteiger partial charge in [0.15, 0.2) is 0 Å². The molecule has 17 heavy (non-hydrogen) atoms. The van der Waals surface area contributed by atoms with E-state index in [0.717, 1.165) is 0 Å². The van der Waals surface area contributed by atoms with E-state index in [2.05, 4.69) is 5.32 Å². The molecule has 0 saturated heterocycles. The van der Waals surface area contributed by atoms with Crippen molar-refractivity contribution in [2.45, 2.75) is 19.9 Å². The van der Waals surface area contributed by atoms with Crippen LogP contribution in [-0.2, 0) is 9.59 Å². The number of hydrogen-bond acceptors (Lipinski definition) is 2. The molecule has 0 aliphatic rings. The van der Waals surface area contributed by atoms with Gasteiger partial charge in [-0.15, -0.1) is 0 Å². The third-order valence-corrected chi connectivity index (χ3v) is 2.49. The molecule has 0 heterocycles. The predicted octanol–water partition coefficient (Wildman–Crippen LogP) is 1.72. The molecule has 0 aliphatic heterocycles. The van der Waals surface area contributed by atoms with Gasteiger partial charge in [0.05, 0.1) is 6.04 Å². The third-order valence-electron chi connectivity index (χ3n) is 2.49. The molecule has 1 rings (SSSR count). The monoisotopic (exact) mass is 239 g/mol. The Morgan fingerprint density at radius 2 is 1.88 bits per heavy atom. The molecule has 0 aromatic heterocycles. The predicted molar refractivity (Wildman–Crippen MR) is 59.8 cm³/mol. The molecule has 2 atom stereocenters. The summed E-state index contributed by atoms with van der Waals surface area (Å²) in [5.41, 5.74) is 0.332. The minimum atomic E-state index is -1.21. The number of aliphatic carboxylic acids is 1. The summed E-state index contributed by atoms with van der Waals surface area (Å²) in [6.45, 7) is 2.89. The number of hydrogen-bond donors (Lipinski definition) is 2. The molecular formula is C12H14FNO3. The highest BCUT2D eigenvalue weighted by Crippen LogP contribution is 2.16. The van der Waals surface area contributed by atoms with Crippen LogP contribution < -0.4 is 5.32 Å². The average molecular weight is 239 g/mol. The van der Waals surface area contributed by atoms with Crippen LogP contribution in [0.1, 0.15) is 25.5 Å². The molecule has 0 bridgehead atoms. The Kier molecular flexibility index (Phi) is 4.20. The summed E-state index contributed by atoms with van der Waals surface area (Å²) in [5.74, 6) is -3.41. The second-order valence-corrected chi connectivity index (χ2v) is 3.81. The summed E-state index contributed by atoms with van der Waals surface area (Å²) in [5, 5.41) is 11.1. The zero-order chi connectivity index (χ0) is 13.0. The van der Waals surface area contributed by atoms with Crippen molar-refractivity contribution in [2.75, 3.05) is 0 Å². The van der Waals surface area contributed by atoms with Crippen LogP contribution in [0.5, 0.6) is 0 Å². The Morgan fingerprint density at radius 1 is 1.29 bits per heavy atom. The Morgan fingerprint density at radius 3 is 2.41 bits per heavy atom. The first-order chi connectivity index (χ1) is 7.93. The lowest BCUT2D eigenvalue weighted by Crippen LogP contribution is -2.35. The summed E-state index contributed by atoms with van der Waals surface area (Å²) in [7, 11) is 0. The number of amides is 1. The molecule has 92 valence electrons. The lowest BCUT2D eigenvalue weighted by atomic mass is 10.1. The van der Waals surface area contributed by atoms with Crippen molar-refractivity contribution < 1.29 is 19.1 Å². The van der Waals surface area contributed by atoms with E-state index >= 15 is 0 Å². The largest absolute Gasteiger partial charge is 0.481 e. The highest BCUT2D eigenvalue weighted by molar-refractivity contribution is 5.96. The van der Waals surface area contributed by atoms with Gasteiger partial charge in [-0.05, 0) is 19.9 Å². The maximum atomic E-state index is 13.4. The molecule has 1 aromatic carbocycles. The number of carbonyl (C=O) groups is 2. The second kappa shape index (κ2) is 5.43. The normalized spacial score (nSPS) is 13.8. The van der Waals surface area contributed by atoms with E-state index in [1.54, 1.807) is 25.1 Å². The number of carboxylic acid groups (broad SMARTS) is 1. The molecule has 0 fully saturated rings. The van der Waals surface area contributed by atoms with E-state index in [0.29, 0.717) is 5.56 Å². The molecule has 0 saturated carbocycles. The van der Waals surface area contributed by atoms with Crippen LogP contribution >= 0.6 is 0 Å². The summed E-state index contributed by atoms with van der Waals surface area (Å²) in [6, 6.07) is 5.48. The van der Waals surface area contributed by atoms with Crippen molar-refractivity contribution in [3.8, 4) is 0 Å². The van der Waals surface area contributed by atoms with Gasteiger partial charge in [0.1, 0.15) is 11.7 Å². The highest BCUT2D eigenvalue weighted by atomic mass is 19.1. The van der Waals surface area contributed by atoms with Crippen molar-refractivity contribution in [1.82, 2.24) is 5.32 Å². The molecule has 0 aliphatic carbocycles. The van der Waals surface area contributed by atoms with Crippen LogP contribution in [0, 0.1) is 11.7 Å². The summed E-state index contributed by atoms with van der Waals surface area (Å²) in [4.78, 5) is 22.1. The fraction of sp³-hybridized carbons (Fsp3) is 0.333. The number of halogens is 1. The zero-order valence-electron chi connectivity index (χ0n) is 9.61. The van der Waals surface area contributed by atoms with Gasteiger partial charge in [-0.3, -0.25) is 9.59 Å². The number of carbonyl (C=O) groups excluding carboxylic acids is 1. The summed E-state index contributed by atoms with van der Waals surface area (Å²) < 4.78 is 13.4. The first-order valence-corrected chi connectivity index (χ1v) is 5.21. The molecule has 0 spiro atoms.